The minimum absolute atomic E-state index is 0.121. The zero-order valence-electron chi connectivity index (χ0n) is 16.6. The number of benzene rings is 1. The lowest BCUT2D eigenvalue weighted by molar-refractivity contribution is -0.143. The predicted molar refractivity (Wildman–Crippen MR) is 105 cm³/mol. The first-order valence-corrected chi connectivity index (χ1v) is 9.67. The summed E-state index contributed by atoms with van der Waals surface area (Å²) in [5.74, 6) is -0.128. The molecule has 3 rings (SSSR count). The van der Waals surface area contributed by atoms with Gasteiger partial charge in [-0.3, -0.25) is 4.79 Å². The van der Waals surface area contributed by atoms with Crippen LogP contribution in [-0.4, -0.2) is 40.7 Å². The van der Waals surface area contributed by atoms with Crippen molar-refractivity contribution in [2.24, 2.45) is 13.0 Å². The number of nitrogens with one attached hydrogen (secondary N) is 1. The molecule has 146 valence electrons. The summed E-state index contributed by atoms with van der Waals surface area (Å²) in [6.45, 7) is 7.38. The summed E-state index contributed by atoms with van der Waals surface area (Å²) in [4.78, 5) is 26.6. The maximum absolute atomic E-state index is 12.9. The van der Waals surface area contributed by atoms with Crippen molar-refractivity contribution in [2.75, 3.05) is 13.2 Å². The SMILES string of the molecule is CCOC(=O)CC(NC(=O)N1CCc2cn(C)c3cccc(c23)C1)C(C)C. The monoisotopic (exact) mass is 371 g/mol. The largest absolute Gasteiger partial charge is 0.466 e. The van der Waals surface area contributed by atoms with E-state index in [9.17, 15) is 9.59 Å². The van der Waals surface area contributed by atoms with E-state index in [1.807, 2.05) is 24.8 Å². The van der Waals surface area contributed by atoms with Crippen LogP contribution in [0.25, 0.3) is 10.9 Å². The van der Waals surface area contributed by atoms with E-state index in [-0.39, 0.29) is 30.4 Å². The number of ether oxygens (including phenoxy) is 1. The third-order valence-corrected chi connectivity index (χ3v) is 5.28. The van der Waals surface area contributed by atoms with E-state index in [2.05, 4.69) is 35.3 Å². The summed E-state index contributed by atoms with van der Waals surface area (Å²) in [7, 11) is 2.06. The molecule has 0 bridgehead atoms. The van der Waals surface area contributed by atoms with Crippen molar-refractivity contribution in [1.82, 2.24) is 14.8 Å². The lowest BCUT2D eigenvalue weighted by atomic mass is 10.0. The van der Waals surface area contributed by atoms with E-state index in [0.29, 0.717) is 19.7 Å². The zero-order valence-corrected chi connectivity index (χ0v) is 16.6. The maximum Gasteiger partial charge on any atom is 0.317 e. The summed E-state index contributed by atoms with van der Waals surface area (Å²) in [5, 5.41) is 4.31. The molecule has 1 aromatic heterocycles. The van der Waals surface area contributed by atoms with E-state index >= 15 is 0 Å². The van der Waals surface area contributed by atoms with Crippen LogP contribution in [0, 0.1) is 5.92 Å². The Morgan fingerprint density at radius 1 is 1.26 bits per heavy atom. The van der Waals surface area contributed by atoms with Gasteiger partial charge in [-0.25, -0.2) is 4.79 Å². The summed E-state index contributed by atoms with van der Waals surface area (Å²) in [6, 6.07) is 5.90. The number of esters is 1. The number of carbonyl (C=O) groups is 2. The highest BCUT2D eigenvalue weighted by Crippen LogP contribution is 2.29. The van der Waals surface area contributed by atoms with Gasteiger partial charge in [0.25, 0.3) is 0 Å². The zero-order chi connectivity index (χ0) is 19.6. The topological polar surface area (TPSA) is 63.6 Å². The summed E-state index contributed by atoms with van der Waals surface area (Å²) in [6.07, 6.45) is 3.18. The number of amides is 2. The van der Waals surface area contributed by atoms with Gasteiger partial charge in [-0.2, -0.15) is 0 Å². The number of aryl methyl sites for hydroxylation is 1. The van der Waals surface area contributed by atoms with Crippen molar-refractivity contribution in [3.05, 3.63) is 35.5 Å². The lowest BCUT2D eigenvalue weighted by Gasteiger charge is -2.27. The quantitative estimate of drug-likeness (QED) is 0.821. The molecular formula is C21H29N3O3. The average molecular weight is 371 g/mol. The molecule has 0 spiro atoms. The fraction of sp³-hybridized carbons (Fsp3) is 0.524. The number of rotatable bonds is 5. The van der Waals surface area contributed by atoms with Gasteiger partial charge in [-0.05, 0) is 36.5 Å². The lowest BCUT2D eigenvalue weighted by Crippen LogP contribution is -2.47. The van der Waals surface area contributed by atoms with Crippen molar-refractivity contribution in [3.63, 3.8) is 0 Å². The molecule has 0 radical (unpaired) electrons. The fourth-order valence-electron chi connectivity index (χ4n) is 3.76. The molecule has 1 aliphatic heterocycles. The second kappa shape index (κ2) is 8.03. The molecule has 0 saturated carbocycles. The molecule has 0 saturated heterocycles. The molecule has 6 heteroatoms. The predicted octanol–water partition coefficient (Wildman–Crippen LogP) is 3.22. The van der Waals surface area contributed by atoms with Crippen LogP contribution in [0.3, 0.4) is 0 Å². The highest BCUT2D eigenvalue weighted by atomic mass is 16.5. The Hall–Kier alpha value is -2.50. The molecule has 0 aliphatic carbocycles. The van der Waals surface area contributed by atoms with Crippen molar-refractivity contribution in [3.8, 4) is 0 Å². The van der Waals surface area contributed by atoms with Gasteiger partial charge < -0.3 is 19.5 Å². The fourth-order valence-corrected chi connectivity index (χ4v) is 3.76. The summed E-state index contributed by atoms with van der Waals surface area (Å²) in [5.41, 5.74) is 3.65. The van der Waals surface area contributed by atoms with Crippen LogP contribution in [0.5, 0.6) is 0 Å². The molecule has 0 fully saturated rings. The normalized spacial score (nSPS) is 14.9. The molecular weight excluding hydrogens is 342 g/mol. The maximum atomic E-state index is 12.9. The van der Waals surface area contributed by atoms with Crippen molar-refractivity contribution in [1.29, 1.82) is 0 Å². The first kappa shape index (κ1) is 19.3. The number of carbonyl (C=O) groups excluding carboxylic acids is 2. The molecule has 1 aliphatic rings. The highest BCUT2D eigenvalue weighted by molar-refractivity contribution is 5.88. The standard InChI is InChI=1S/C21H29N3O3/c1-5-27-19(25)11-17(14(2)3)22-21(26)24-10-9-16-12-23(4)18-8-6-7-15(13-24)20(16)18/h6-8,12,14,17H,5,9-11,13H2,1-4H3,(H,22,26). The molecule has 1 aromatic carbocycles. The molecule has 2 amide bonds. The molecule has 2 aromatic rings. The third-order valence-electron chi connectivity index (χ3n) is 5.28. The van der Waals surface area contributed by atoms with Crippen LogP contribution in [0.4, 0.5) is 4.79 Å². The number of hydrogen-bond donors (Lipinski definition) is 1. The van der Waals surface area contributed by atoms with Gasteiger partial charge in [0.05, 0.1) is 13.0 Å². The Morgan fingerprint density at radius 2 is 2.04 bits per heavy atom. The van der Waals surface area contributed by atoms with Gasteiger partial charge in [0, 0.05) is 43.3 Å². The third kappa shape index (κ3) is 4.10. The first-order chi connectivity index (χ1) is 12.9. The molecule has 1 N–H and O–H groups in total. The molecule has 1 atom stereocenters. The van der Waals surface area contributed by atoms with Crippen LogP contribution in [0.15, 0.2) is 24.4 Å². The van der Waals surface area contributed by atoms with Gasteiger partial charge in [0.1, 0.15) is 0 Å². The van der Waals surface area contributed by atoms with Crippen LogP contribution in [0.2, 0.25) is 0 Å². The van der Waals surface area contributed by atoms with Gasteiger partial charge in [0.15, 0.2) is 0 Å². The van der Waals surface area contributed by atoms with Gasteiger partial charge in [-0.15, -0.1) is 0 Å². The smallest absolute Gasteiger partial charge is 0.317 e. The van der Waals surface area contributed by atoms with Crippen molar-refractivity contribution < 1.29 is 14.3 Å². The average Bonchev–Trinajstić information content (AvgIpc) is 2.83. The van der Waals surface area contributed by atoms with Gasteiger partial charge in [-0.1, -0.05) is 26.0 Å². The molecule has 27 heavy (non-hydrogen) atoms. The molecule has 2 heterocycles. The molecule has 1 unspecified atom stereocenters. The number of nitrogens with zero attached hydrogens (tertiary/aromatic N) is 2. The summed E-state index contributed by atoms with van der Waals surface area (Å²) >= 11 is 0. The number of aromatic nitrogens is 1. The van der Waals surface area contributed by atoms with Gasteiger partial charge in [0.2, 0.25) is 0 Å². The Kier molecular flexibility index (Phi) is 5.73. The van der Waals surface area contributed by atoms with Gasteiger partial charge >= 0.3 is 12.0 Å². The number of hydrogen-bond acceptors (Lipinski definition) is 3. The summed E-state index contributed by atoms with van der Waals surface area (Å²) < 4.78 is 7.20. The first-order valence-electron chi connectivity index (χ1n) is 9.67. The van der Waals surface area contributed by atoms with Crippen molar-refractivity contribution in [2.45, 2.75) is 46.2 Å². The second-order valence-corrected chi connectivity index (χ2v) is 7.56. The number of urea groups is 1. The molecule has 6 nitrogen and oxygen atoms in total. The minimum Gasteiger partial charge on any atom is -0.466 e. The Balaban J connectivity index is 1.74. The Labute approximate surface area is 160 Å². The van der Waals surface area contributed by atoms with Crippen LogP contribution in [0.1, 0.15) is 38.3 Å². The van der Waals surface area contributed by atoms with Crippen LogP contribution < -0.4 is 5.32 Å². The Bertz CT molecular complexity index is 841. The van der Waals surface area contributed by atoms with E-state index in [1.54, 1.807) is 6.92 Å². The van der Waals surface area contributed by atoms with E-state index in [1.165, 1.54) is 22.0 Å². The van der Waals surface area contributed by atoms with Crippen molar-refractivity contribution >= 4 is 22.9 Å². The van der Waals surface area contributed by atoms with Crippen LogP contribution >= 0.6 is 0 Å². The van der Waals surface area contributed by atoms with E-state index < -0.39 is 0 Å². The van der Waals surface area contributed by atoms with Crippen LogP contribution in [-0.2, 0) is 29.5 Å². The highest BCUT2D eigenvalue weighted by Gasteiger charge is 2.26. The van der Waals surface area contributed by atoms with E-state index in [4.69, 9.17) is 4.74 Å². The Morgan fingerprint density at radius 3 is 2.74 bits per heavy atom. The van der Waals surface area contributed by atoms with E-state index in [0.717, 1.165) is 6.42 Å². The second-order valence-electron chi connectivity index (χ2n) is 7.56. The minimum atomic E-state index is -0.273.